The third kappa shape index (κ3) is 11.0. The van der Waals surface area contributed by atoms with Crippen molar-refractivity contribution in [3.63, 3.8) is 0 Å². The fourth-order valence-corrected chi connectivity index (χ4v) is 2.09. The molecule has 0 heteroatoms. The van der Waals surface area contributed by atoms with E-state index in [0.29, 0.717) is 11.8 Å². The van der Waals surface area contributed by atoms with E-state index < -0.39 is 0 Å². The molecule has 0 aliphatic carbocycles. The van der Waals surface area contributed by atoms with Gasteiger partial charge in [0.25, 0.3) is 0 Å². The molecule has 0 aromatic heterocycles. The molecule has 0 spiro atoms. The van der Waals surface area contributed by atoms with E-state index in [2.05, 4.69) is 74.5 Å². The monoisotopic (exact) mass is 330 g/mol. The van der Waals surface area contributed by atoms with Crippen molar-refractivity contribution in [2.24, 2.45) is 0 Å². The lowest BCUT2D eigenvalue weighted by Gasteiger charge is -2.20. The van der Waals surface area contributed by atoms with Crippen molar-refractivity contribution in [3.8, 4) is 0 Å². The molecule has 1 unspecified atom stereocenters. The van der Waals surface area contributed by atoms with Gasteiger partial charge >= 0.3 is 0 Å². The highest BCUT2D eigenvalue weighted by molar-refractivity contribution is 5.27. The Morgan fingerprint density at radius 3 is 0.833 bits per heavy atom. The minimum atomic E-state index is 0.559. The van der Waals surface area contributed by atoms with Crippen molar-refractivity contribution in [2.45, 2.75) is 81.1 Å². The summed E-state index contributed by atoms with van der Waals surface area (Å²) in [6.45, 7) is 20.6. The molecule has 0 N–H and O–H groups in total. The van der Waals surface area contributed by atoms with E-state index in [1.54, 1.807) is 0 Å². The van der Waals surface area contributed by atoms with Gasteiger partial charge in [0.2, 0.25) is 0 Å². The normalized spacial score (nSPS) is 10.6. The summed E-state index contributed by atoms with van der Waals surface area (Å²) in [5, 5.41) is 0. The Balaban J connectivity index is -0.000000484. The van der Waals surface area contributed by atoms with E-state index in [1.807, 2.05) is 55.4 Å². The Morgan fingerprint density at radius 1 is 0.417 bits per heavy atom. The summed E-state index contributed by atoms with van der Waals surface area (Å²) >= 11 is 0. The molecule has 0 bridgehead atoms. The summed E-state index contributed by atoms with van der Waals surface area (Å²) in [6.07, 6.45) is 0. The van der Waals surface area contributed by atoms with Crippen LogP contribution in [-0.2, 0) is 0 Å². The molecule has 0 saturated heterocycles. The van der Waals surface area contributed by atoms with E-state index in [9.17, 15) is 0 Å². The molecule has 2 aromatic carbocycles. The van der Waals surface area contributed by atoms with Crippen LogP contribution in [-0.4, -0.2) is 0 Å². The van der Waals surface area contributed by atoms with Gasteiger partial charge in [0.15, 0.2) is 0 Å². The van der Waals surface area contributed by atoms with Crippen molar-refractivity contribution in [2.75, 3.05) is 0 Å². The molecule has 138 valence electrons. The molecule has 0 aliphatic heterocycles. The van der Waals surface area contributed by atoms with Gasteiger partial charge in [0, 0.05) is 0 Å². The molecule has 0 amide bonds. The summed E-state index contributed by atoms with van der Waals surface area (Å²) in [4.78, 5) is 0. The SMILES string of the molecule is CC.CC.CC.CC.CC(c1ccccc1)[C@H](C)c1ccccc1. The summed E-state index contributed by atoms with van der Waals surface area (Å²) in [7, 11) is 0. The second-order valence-electron chi connectivity index (χ2n) is 4.40. The van der Waals surface area contributed by atoms with Crippen LogP contribution in [0.25, 0.3) is 0 Å². The zero-order valence-electron chi connectivity index (χ0n) is 17.9. The third-order valence-corrected chi connectivity index (χ3v) is 3.40. The number of hydrogen-bond acceptors (Lipinski definition) is 0. The molecule has 0 fully saturated rings. The van der Waals surface area contributed by atoms with Gasteiger partial charge in [0.05, 0.1) is 0 Å². The molecule has 0 nitrogen and oxygen atoms in total. The first-order chi connectivity index (χ1) is 11.8. The first kappa shape index (κ1) is 27.3. The van der Waals surface area contributed by atoms with Gasteiger partial charge in [-0.05, 0) is 23.0 Å². The van der Waals surface area contributed by atoms with Crippen molar-refractivity contribution < 1.29 is 0 Å². The van der Waals surface area contributed by atoms with Crippen LogP contribution >= 0.6 is 0 Å². The quantitative estimate of drug-likeness (QED) is 0.528. The van der Waals surface area contributed by atoms with Gasteiger partial charge in [-0.2, -0.15) is 0 Å². The molecular weight excluding hydrogens is 288 g/mol. The number of rotatable bonds is 3. The lowest BCUT2D eigenvalue weighted by atomic mass is 9.84. The number of hydrogen-bond donors (Lipinski definition) is 0. The minimum absolute atomic E-state index is 0.559. The lowest BCUT2D eigenvalue weighted by molar-refractivity contribution is 0.624. The standard InChI is InChI=1S/C16H18.4C2H6/c1-13(15-9-5-3-6-10-15)14(2)16-11-7-4-8-12-16;4*1-2/h3-14H,1-2H3;4*1-2H3/t13-,14?;;;;/m0..../s1. The maximum absolute atomic E-state index is 2.30. The van der Waals surface area contributed by atoms with Crippen LogP contribution in [0, 0.1) is 0 Å². The zero-order valence-corrected chi connectivity index (χ0v) is 17.9. The van der Waals surface area contributed by atoms with E-state index >= 15 is 0 Å². The maximum Gasteiger partial charge on any atom is -0.0124 e. The lowest BCUT2D eigenvalue weighted by Crippen LogP contribution is -2.04. The summed E-state index contributed by atoms with van der Waals surface area (Å²) in [5.41, 5.74) is 2.83. The summed E-state index contributed by atoms with van der Waals surface area (Å²) < 4.78 is 0. The van der Waals surface area contributed by atoms with E-state index in [-0.39, 0.29) is 0 Å². The summed E-state index contributed by atoms with van der Waals surface area (Å²) in [5.74, 6) is 1.12. The molecule has 2 rings (SSSR count). The van der Waals surface area contributed by atoms with Crippen molar-refractivity contribution in [1.82, 2.24) is 0 Å². The second kappa shape index (κ2) is 21.4. The van der Waals surface area contributed by atoms with Gasteiger partial charge in [-0.25, -0.2) is 0 Å². The highest BCUT2D eigenvalue weighted by Gasteiger charge is 2.15. The second-order valence-corrected chi connectivity index (χ2v) is 4.40. The highest BCUT2D eigenvalue weighted by Crippen LogP contribution is 2.31. The smallest absolute Gasteiger partial charge is 0.0124 e. The van der Waals surface area contributed by atoms with Crippen LogP contribution in [0.1, 0.15) is 92.2 Å². The fraction of sp³-hybridized carbons (Fsp3) is 0.500. The van der Waals surface area contributed by atoms with Crippen LogP contribution < -0.4 is 0 Å². The predicted octanol–water partition coefficient (Wildman–Crippen LogP) is 8.70. The predicted molar refractivity (Wildman–Crippen MR) is 115 cm³/mol. The molecule has 24 heavy (non-hydrogen) atoms. The average Bonchev–Trinajstić information content (AvgIpc) is 2.74. The van der Waals surface area contributed by atoms with Gasteiger partial charge in [-0.1, -0.05) is 130 Å². The first-order valence-electron chi connectivity index (χ1n) is 9.89. The van der Waals surface area contributed by atoms with Crippen LogP contribution in [0.15, 0.2) is 60.7 Å². The maximum atomic E-state index is 2.30. The Kier molecular flexibility index (Phi) is 24.4. The average molecular weight is 331 g/mol. The van der Waals surface area contributed by atoms with Crippen LogP contribution in [0.2, 0.25) is 0 Å². The summed E-state index contributed by atoms with van der Waals surface area (Å²) in [6, 6.07) is 21.5. The van der Waals surface area contributed by atoms with Crippen molar-refractivity contribution in [3.05, 3.63) is 71.8 Å². The fourth-order valence-electron chi connectivity index (χ4n) is 2.09. The minimum Gasteiger partial charge on any atom is -0.0683 e. The van der Waals surface area contributed by atoms with Gasteiger partial charge in [-0.3, -0.25) is 0 Å². The van der Waals surface area contributed by atoms with Crippen LogP contribution in [0.3, 0.4) is 0 Å². The van der Waals surface area contributed by atoms with Gasteiger partial charge < -0.3 is 0 Å². The Labute approximate surface area is 153 Å². The van der Waals surface area contributed by atoms with E-state index in [4.69, 9.17) is 0 Å². The molecule has 0 heterocycles. The van der Waals surface area contributed by atoms with Gasteiger partial charge in [-0.15, -0.1) is 0 Å². The molecule has 0 saturated carbocycles. The molecule has 2 aromatic rings. The largest absolute Gasteiger partial charge is 0.0683 e. The topological polar surface area (TPSA) is 0 Å². The molecule has 2 atom stereocenters. The Morgan fingerprint density at radius 2 is 0.625 bits per heavy atom. The molecule has 0 radical (unpaired) electrons. The molecule has 0 aliphatic rings. The number of benzene rings is 2. The van der Waals surface area contributed by atoms with E-state index in [1.165, 1.54) is 11.1 Å². The van der Waals surface area contributed by atoms with E-state index in [0.717, 1.165) is 0 Å². The zero-order chi connectivity index (χ0) is 19.4. The first-order valence-corrected chi connectivity index (χ1v) is 9.89. The van der Waals surface area contributed by atoms with Gasteiger partial charge in [0.1, 0.15) is 0 Å². The van der Waals surface area contributed by atoms with Crippen LogP contribution in [0.5, 0.6) is 0 Å². The van der Waals surface area contributed by atoms with Crippen molar-refractivity contribution >= 4 is 0 Å². The highest BCUT2D eigenvalue weighted by atomic mass is 14.2. The molecular formula is C24H42. The third-order valence-electron chi connectivity index (χ3n) is 3.40. The Bertz CT molecular complexity index is 373. The Hall–Kier alpha value is -1.56. The van der Waals surface area contributed by atoms with Crippen molar-refractivity contribution in [1.29, 1.82) is 0 Å². The van der Waals surface area contributed by atoms with Crippen LogP contribution in [0.4, 0.5) is 0 Å².